The number of hydrogen-bond acceptors (Lipinski definition) is 4. The Morgan fingerprint density at radius 3 is 2.04 bits per heavy atom. The second-order valence-corrected chi connectivity index (χ2v) is 7.18. The Morgan fingerprint density at radius 2 is 1.50 bits per heavy atom. The predicted molar refractivity (Wildman–Crippen MR) is 97.8 cm³/mol. The summed E-state index contributed by atoms with van der Waals surface area (Å²) < 4.78 is 11.7. The van der Waals surface area contributed by atoms with Crippen LogP contribution in [0, 0.1) is 0 Å². The molecule has 0 fully saturated rings. The molecule has 4 nitrogen and oxygen atoms in total. The van der Waals surface area contributed by atoms with Gasteiger partial charge in [-0.15, -0.1) is 0 Å². The van der Waals surface area contributed by atoms with E-state index in [2.05, 4.69) is 6.92 Å². The summed E-state index contributed by atoms with van der Waals surface area (Å²) in [5.74, 6) is 2.34. The van der Waals surface area contributed by atoms with E-state index in [1.54, 1.807) is 0 Å². The molecule has 0 unspecified atom stereocenters. The quantitative estimate of drug-likeness (QED) is 0.794. The molecule has 2 aliphatic carbocycles. The lowest BCUT2D eigenvalue weighted by molar-refractivity contribution is -0.117. The van der Waals surface area contributed by atoms with Gasteiger partial charge in [0.05, 0.1) is 6.61 Å². The molecule has 1 heterocycles. The van der Waals surface area contributed by atoms with E-state index in [1.807, 2.05) is 24.3 Å². The molecule has 4 rings (SSSR count). The van der Waals surface area contributed by atoms with E-state index in [1.165, 1.54) is 0 Å². The highest BCUT2D eigenvalue weighted by atomic mass is 16.5. The highest BCUT2D eigenvalue weighted by Crippen LogP contribution is 2.47. The highest BCUT2D eigenvalue weighted by Gasteiger charge is 2.41. The molecule has 26 heavy (non-hydrogen) atoms. The van der Waals surface area contributed by atoms with Gasteiger partial charge < -0.3 is 9.47 Å². The first kappa shape index (κ1) is 17.1. The monoisotopic (exact) mass is 352 g/mol. The highest BCUT2D eigenvalue weighted by molar-refractivity contribution is 6.05. The fourth-order valence-electron chi connectivity index (χ4n) is 4.13. The van der Waals surface area contributed by atoms with Crippen molar-refractivity contribution in [2.24, 2.45) is 0 Å². The van der Waals surface area contributed by atoms with Gasteiger partial charge in [-0.05, 0) is 37.0 Å². The van der Waals surface area contributed by atoms with Crippen molar-refractivity contribution < 1.29 is 19.1 Å². The van der Waals surface area contributed by atoms with E-state index in [-0.39, 0.29) is 17.5 Å². The number of ether oxygens (including phenoxy) is 2. The lowest BCUT2D eigenvalue weighted by atomic mass is 9.73. The minimum atomic E-state index is -0.283. The van der Waals surface area contributed by atoms with Gasteiger partial charge in [-0.1, -0.05) is 19.1 Å². The van der Waals surface area contributed by atoms with Crippen LogP contribution in [0.2, 0.25) is 0 Å². The molecule has 136 valence electrons. The van der Waals surface area contributed by atoms with E-state index < -0.39 is 0 Å². The molecule has 1 aliphatic heterocycles. The topological polar surface area (TPSA) is 52.6 Å². The van der Waals surface area contributed by atoms with Crippen molar-refractivity contribution in [1.82, 2.24) is 0 Å². The van der Waals surface area contributed by atoms with Crippen LogP contribution >= 0.6 is 0 Å². The number of benzene rings is 1. The molecule has 1 aromatic carbocycles. The van der Waals surface area contributed by atoms with Gasteiger partial charge in [-0.25, -0.2) is 0 Å². The largest absolute Gasteiger partial charge is 0.494 e. The van der Waals surface area contributed by atoms with Crippen molar-refractivity contribution in [1.29, 1.82) is 0 Å². The zero-order valence-corrected chi connectivity index (χ0v) is 15.2. The fraction of sp³-hybridized carbons (Fsp3) is 0.455. The number of Topliss-reactive ketones (excluding diaryl/α,β-unsaturated/α-hetero) is 2. The minimum absolute atomic E-state index is 0.118. The Balaban J connectivity index is 1.77. The summed E-state index contributed by atoms with van der Waals surface area (Å²) >= 11 is 0. The van der Waals surface area contributed by atoms with Gasteiger partial charge in [-0.3, -0.25) is 9.59 Å². The van der Waals surface area contributed by atoms with Gasteiger partial charge in [0, 0.05) is 42.7 Å². The maximum absolute atomic E-state index is 12.7. The lowest BCUT2D eigenvalue weighted by Gasteiger charge is -2.36. The first-order chi connectivity index (χ1) is 12.7. The Bertz CT molecular complexity index is 756. The molecular weight excluding hydrogens is 328 g/mol. The third kappa shape index (κ3) is 2.98. The zero-order chi connectivity index (χ0) is 18.1. The van der Waals surface area contributed by atoms with Crippen LogP contribution in [0.5, 0.6) is 5.75 Å². The standard InChI is InChI=1S/C22H24O4/c1-2-13-25-15-11-9-14(10-12-15)20-21-16(23)5-3-7-18(21)26-19-8-4-6-17(24)22(19)20/h9-12,20H,2-8,13H2,1H3. The van der Waals surface area contributed by atoms with Crippen molar-refractivity contribution in [2.75, 3.05) is 6.61 Å². The second-order valence-electron chi connectivity index (χ2n) is 7.18. The van der Waals surface area contributed by atoms with Crippen LogP contribution in [-0.4, -0.2) is 18.2 Å². The van der Waals surface area contributed by atoms with Crippen molar-refractivity contribution in [2.45, 2.75) is 57.8 Å². The van der Waals surface area contributed by atoms with Gasteiger partial charge in [-0.2, -0.15) is 0 Å². The average Bonchev–Trinajstić information content (AvgIpc) is 2.66. The Morgan fingerprint density at radius 1 is 0.923 bits per heavy atom. The van der Waals surface area contributed by atoms with E-state index in [0.717, 1.165) is 54.9 Å². The zero-order valence-electron chi connectivity index (χ0n) is 15.2. The van der Waals surface area contributed by atoms with Crippen molar-refractivity contribution >= 4 is 11.6 Å². The molecule has 1 aromatic rings. The molecule has 0 bridgehead atoms. The third-order valence-electron chi connectivity index (χ3n) is 5.33. The average molecular weight is 352 g/mol. The van der Waals surface area contributed by atoms with Crippen molar-refractivity contribution in [3.8, 4) is 5.75 Å². The van der Waals surface area contributed by atoms with Gasteiger partial charge >= 0.3 is 0 Å². The number of hydrogen-bond donors (Lipinski definition) is 0. The molecule has 0 radical (unpaired) electrons. The van der Waals surface area contributed by atoms with Crippen LogP contribution in [0.15, 0.2) is 46.9 Å². The summed E-state index contributed by atoms with van der Waals surface area (Å²) in [5, 5.41) is 0. The van der Waals surface area contributed by atoms with Crippen LogP contribution in [0.3, 0.4) is 0 Å². The Hall–Kier alpha value is -2.36. The van der Waals surface area contributed by atoms with Crippen LogP contribution < -0.4 is 4.74 Å². The first-order valence-electron chi connectivity index (χ1n) is 9.62. The fourth-order valence-corrected chi connectivity index (χ4v) is 4.13. The summed E-state index contributed by atoms with van der Waals surface area (Å²) in [6.45, 7) is 2.75. The number of allylic oxidation sites excluding steroid dienone is 4. The first-order valence-corrected chi connectivity index (χ1v) is 9.62. The minimum Gasteiger partial charge on any atom is -0.494 e. The SMILES string of the molecule is CCCOc1ccc(C2C3=C(CCCC3=O)OC3=C2C(=O)CCC3)cc1. The van der Waals surface area contributed by atoms with Crippen LogP contribution in [0.1, 0.15) is 63.4 Å². The summed E-state index contributed by atoms with van der Waals surface area (Å²) in [7, 11) is 0. The van der Waals surface area contributed by atoms with Crippen molar-refractivity contribution in [3.05, 3.63) is 52.5 Å². The number of ketones is 2. The summed E-state index contributed by atoms with van der Waals surface area (Å²) in [6, 6.07) is 7.84. The van der Waals surface area contributed by atoms with Gasteiger partial charge in [0.2, 0.25) is 0 Å². The van der Waals surface area contributed by atoms with Gasteiger partial charge in [0.15, 0.2) is 11.6 Å². The molecule has 0 atom stereocenters. The Kier molecular flexibility index (Phi) is 4.66. The van der Waals surface area contributed by atoms with E-state index >= 15 is 0 Å². The smallest absolute Gasteiger partial charge is 0.163 e. The number of rotatable bonds is 4. The molecule has 0 spiro atoms. The van der Waals surface area contributed by atoms with Crippen LogP contribution in [0.4, 0.5) is 0 Å². The second kappa shape index (κ2) is 7.10. The lowest BCUT2D eigenvalue weighted by Crippen LogP contribution is -2.30. The molecule has 0 N–H and O–H groups in total. The van der Waals surface area contributed by atoms with Crippen molar-refractivity contribution in [3.63, 3.8) is 0 Å². The maximum Gasteiger partial charge on any atom is 0.163 e. The normalized spacial score (nSPS) is 20.7. The maximum atomic E-state index is 12.7. The van der Waals surface area contributed by atoms with Gasteiger partial charge in [0.25, 0.3) is 0 Å². The number of carbonyl (C=O) groups excluding carboxylic acids is 2. The number of carbonyl (C=O) groups is 2. The summed E-state index contributed by atoms with van der Waals surface area (Å²) in [6.07, 6.45) is 5.23. The third-order valence-corrected chi connectivity index (χ3v) is 5.33. The van der Waals surface area contributed by atoms with E-state index in [9.17, 15) is 9.59 Å². The predicted octanol–water partition coefficient (Wildman–Crippen LogP) is 4.60. The molecule has 0 saturated heterocycles. The van der Waals surface area contributed by atoms with Crippen LogP contribution in [0.25, 0.3) is 0 Å². The molecule has 0 aromatic heterocycles. The molecule has 0 saturated carbocycles. The summed E-state index contributed by atoms with van der Waals surface area (Å²) in [4.78, 5) is 25.4. The summed E-state index contributed by atoms with van der Waals surface area (Å²) in [5.41, 5.74) is 2.38. The molecule has 4 heteroatoms. The molecule has 3 aliphatic rings. The molecule has 0 amide bonds. The van der Waals surface area contributed by atoms with E-state index in [4.69, 9.17) is 9.47 Å². The Labute approximate surface area is 153 Å². The van der Waals surface area contributed by atoms with E-state index in [0.29, 0.717) is 30.6 Å². The van der Waals surface area contributed by atoms with Crippen LogP contribution in [-0.2, 0) is 14.3 Å². The van der Waals surface area contributed by atoms with Gasteiger partial charge in [0.1, 0.15) is 17.3 Å². The molecular formula is C22H24O4.